The van der Waals surface area contributed by atoms with Crippen LogP contribution in [-0.4, -0.2) is 0 Å². The van der Waals surface area contributed by atoms with Gasteiger partial charge >= 0.3 is 0 Å². The van der Waals surface area contributed by atoms with Gasteiger partial charge in [-0.3, -0.25) is 0 Å². The largest absolute Gasteiger partial charge is 0.473 e. The van der Waals surface area contributed by atoms with Crippen LogP contribution in [0, 0.1) is 0 Å². The molecule has 1 heterocycles. The summed E-state index contributed by atoms with van der Waals surface area (Å²) in [5, 5.41) is 0.794. The summed E-state index contributed by atoms with van der Waals surface area (Å²) in [6, 6.07) is 13.1. The fraction of sp³-hybridized carbons (Fsp3) is 0. The van der Waals surface area contributed by atoms with E-state index >= 15 is 0 Å². The Kier molecular flexibility index (Phi) is 4.03. The van der Waals surface area contributed by atoms with Gasteiger partial charge in [-0.2, -0.15) is 0 Å². The molecular formula is C10H9ClO. The van der Waals surface area contributed by atoms with Gasteiger partial charge in [0.1, 0.15) is 0 Å². The van der Waals surface area contributed by atoms with Gasteiger partial charge in [0.2, 0.25) is 0 Å². The van der Waals surface area contributed by atoms with Crippen molar-refractivity contribution >= 4 is 11.6 Å². The summed E-state index contributed by atoms with van der Waals surface area (Å²) < 4.78 is 4.58. The Labute approximate surface area is 76.6 Å². The van der Waals surface area contributed by atoms with Gasteiger partial charge in [-0.1, -0.05) is 29.8 Å². The molecule has 0 fully saturated rings. The summed E-state index contributed by atoms with van der Waals surface area (Å²) in [6.07, 6.45) is 3.25. The molecule has 0 amide bonds. The van der Waals surface area contributed by atoms with Crippen molar-refractivity contribution in [1.82, 2.24) is 0 Å². The second kappa shape index (κ2) is 5.44. The molecule has 0 aliphatic heterocycles. The van der Waals surface area contributed by atoms with Crippen molar-refractivity contribution in [3.63, 3.8) is 0 Å². The summed E-state index contributed by atoms with van der Waals surface area (Å²) in [5.41, 5.74) is 0. The van der Waals surface area contributed by atoms with Crippen molar-refractivity contribution in [2.45, 2.75) is 0 Å². The third-order valence-corrected chi connectivity index (χ3v) is 1.41. The maximum Gasteiger partial charge on any atom is 0.0902 e. The minimum absolute atomic E-state index is 0.794. The SMILES string of the molecule is Clc1ccccc1.c1ccoc1. The summed E-state index contributed by atoms with van der Waals surface area (Å²) >= 11 is 5.54. The highest BCUT2D eigenvalue weighted by Gasteiger charge is 1.74. The monoisotopic (exact) mass is 180 g/mol. The van der Waals surface area contributed by atoms with Crippen molar-refractivity contribution in [1.29, 1.82) is 0 Å². The summed E-state index contributed by atoms with van der Waals surface area (Å²) in [6.45, 7) is 0. The van der Waals surface area contributed by atoms with Gasteiger partial charge in [-0.05, 0) is 24.3 Å². The lowest BCUT2D eigenvalue weighted by molar-refractivity contribution is 0.567. The lowest BCUT2D eigenvalue weighted by Gasteiger charge is -1.80. The maximum atomic E-state index is 5.54. The van der Waals surface area contributed by atoms with Crippen LogP contribution in [0.3, 0.4) is 0 Å². The molecule has 0 bridgehead atoms. The second-order valence-electron chi connectivity index (χ2n) is 2.09. The lowest BCUT2D eigenvalue weighted by atomic mass is 10.4. The molecule has 0 N–H and O–H groups in total. The Morgan fingerprint density at radius 2 is 1.42 bits per heavy atom. The quantitative estimate of drug-likeness (QED) is 0.604. The van der Waals surface area contributed by atoms with E-state index in [1.807, 2.05) is 42.5 Å². The smallest absolute Gasteiger partial charge is 0.0902 e. The van der Waals surface area contributed by atoms with Crippen LogP contribution in [0.25, 0.3) is 0 Å². The van der Waals surface area contributed by atoms with Gasteiger partial charge < -0.3 is 4.42 Å². The van der Waals surface area contributed by atoms with E-state index in [0.29, 0.717) is 0 Å². The first kappa shape index (κ1) is 8.88. The van der Waals surface area contributed by atoms with E-state index in [-0.39, 0.29) is 0 Å². The molecular weight excluding hydrogens is 172 g/mol. The van der Waals surface area contributed by atoms with Crippen LogP contribution < -0.4 is 0 Å². The van der Waals surface area contributed by atoms with Crippen molar-refractivity contribution in [3.8, 4) is 0 Å². The normalized spacial score (nSPS) is 8.42. The predicted octanol–water partition coefficient (Wildman–Crippen LogP) is 3.62. The number of halogens is 1. The molecule has 0 saturated carbocycles. The van der Waals surface area contributed by atoms with E-state index < -0.39 is 0 Å². The van der Waals surface area contributed by atoms with E-state index in [2.05, 4.69) is 4.42 Å². The number of furan rings is 1. The Morgan fingerprint density at radius 1 is 0.833 bits per heavy atom. The first-order valence-electron chi connectivity index (χ1n) is 3.57. The van der Waals surface area contributed by atoms with Crippen LogP contribution in [0.5, 0.6) is 0 Å². The van der Waals surface area contributed by atoms with Crippen LogP contribution in [-0.2, 0) is 0 Å². The molecule has 2 aromatic rings. The van der Waals surface area contributed by atoms with Gasteiger partial charge in [0.15, 0.2) is 0 Å². The maximum absolute atomic E-state index is 5.54. The molecule has 0 unspecified atom stereocenters. The van der Waals surface area contributed by atoms with Crippen molar-refractivity contribution in [2.24, 2.45) is 0 Å². The van der Waals surface area contributed by atoms with Gasteiger partial charge in [0.25, 0.3) is 0 Å². The fourth-order valence-electron chi connectivity index (χ4n) is 0.641. The number of benzene rings is 1. The van der Waals surface area contributed by atoms with Crippen molar-refractivity contribution in [3.05, 3.63) is 60.0 Å². The van der Waals surface area contributed by atoms with Crippen LogP contribution in [0.1, 0.15) is 0 Å². The van der Waals surface area contributed by atoms with Crippen LogP contribution in [0.4, 0.5) is 0 Å². The summed E-state index contributed by atoms with van der Waals surface area (Å²) in [5.74, 6) is 0. The highest BCUT2D eigenvalue weighted by molar-refractivity contribution is 6.30. The molecule has 12 heavy (non-hydrogen) atoms. The van der Waals surface area contributed by atoms with Crippen molar-refractivity contribution < 1.29 is 4.42 Å². The molecule has 0 aliphatic carbocycles. The van der Waals surface area contributed by atoms with Gasteiger partial charge in [0.05, 0.1) is 12.5 Å². The lowest BCUT2D eigenvalue weighted by Crippen LogP contribution is -1.55. The molecule has 0 saturated heterocycles. The predicted molar refractivity (Wildman–Crippen MR) is 50.2 cm³/mol. The Hall–Kier alpha value is -1.21. The van der Waals surface area contributed by atoms with E-state index in [0.717, 1.165) is 5.02 Å². The second-order valence-corrected chi connectivity index (χ2v) is 2.53. The Morgan fingerprint density at radius 3 is 1.67 bits per heavy atom. The number of rotatable bonds is 0. The Bertz CT molecular complexity index is 259. The highest BCUT2D eigenvalue weighted by Crippen LogP contribution is 2.03. The van der Waals surface area contributed by atoms with Crippen LogP contribution in [0.15, 0.2) is 59.4 Å². The van der Waals surface area contributed by atoms with Gasteiger partial charge in [-0.15, -0.1) is 0 Å². The first-order chi connectivity index (χ1) is 5.89. The zero-order valence-electron chi connectivity index (χ0n) is 6.48. The molecule has 2 rings (SSSR count). The van der Waals surface area contributed by atoms with Crippen molar-refractivity contribution in [2.75, 3.05) is 0 Å². The molecule has 62 valence electrons. The topological polar surface area (TPSA) is 13.1 Å². The number of hydrogen-bond donors (Lipinski definition) is 0. The first-order valence-corrected chi connectivity index (χ1v) is 3.95. The zero-order valence-corrected chi connectivity index (χ0v) is 7.24. The Balaban J connectivity index is 0.000000127. The molecule has 0 spiro atoms. The van der Waals surface area contributed by atoms with E-state index in [9.17, 15) is 0 Å². The molecule has 2 heteroatoms. The molecule has 0 atom stereocenters. The molecule has 1 aromatic carbocycles. The minimum Gasteiger partial charge on any atom is -0.473 e. The molecule has 1 aromatic heterocycles. The third kappa shape index (κ3) is 3.84. The molecule has 1 nitrogen and oxygen atoms in total. The van der Waals surface area contributed by atoms with Gasteiger partial charge in [0, 0.05) is 5.02 Å². The fourth-order valence-corrected chi connectivity index (χ4v) is 0.787. The summed E-state index contributed by atoms with van der Waals surface area (Å²) in [7, 11) is 0. The average Bonchev–Trinajstić information content (AvgIpc) is 2.62. The average molecular weight is 181 g/mol. The van der Waals surface area contributed by atoms with Gasteiger partial charge in [-0.25, -0.2) is 0 Å². The van der Waals surface area contributed by atoms with Crippen LogP contribution >= 0.6 is 11.6 Å². The molecule has 0 radical (unpaired) electrons. The summed E-state index contributed by atoms with van der Waals surface area (Å²) in [4.78, 5) is 0. The zero-order chi connectivity index (χ0) is 8.65. The standard InChI is InChI=1S/C6H5Cl.C4H4O/c7-6-4-2-1-3-5-6;1-2-4-5-3-1/h1-5H;1-4H. The third-order valence-electron chi connectivity index (χ3n) is 1.16. The minimum atomic E-state index is 0.794. The van der Waals surface area contributed by atoms with E-state index in [1.165, 1.54) is 0 Å². The molecule has 0 aliphatic rings. The van der Waals surface area contributed by atoms with Crippen LogP contribution in [0.2, 0.25) is 5.02 Å². The van der Waals surface area contributed by atoms with E-state index in [1.54, 1.807) is 12.5 Å². The highest BCUT2D eigenvalue weighted by atomic mass is 35.5. The van der Waals surface area contributed by atoms with E-state index in [4.69, 9.17) is 11.6 Å². The number of hydrogen-bond acceptors (Lipinski definition) is 1.